The SMILES string of the molecule is CC.CCC.Cc1cc(Oc2ccc(-c3ccc(/C=C(\N)N[N+](C)(O)S)c(N)c3)cc2)cc(C#N)c1OC1CC1. The van der Waals surface area contributed by atoms with Crippen LogP contribution >= 0.6 is 12.8 Å². The van der Waals surface area contributed by atoms with Gasteiger partial charge in [0.25, 0.3) is 0 Å². The average Bonchev–Trinajstić information content (AvgIpc) is 3.72. The predicted molar refractivity (Wildman–Crippen MR) is 165 cm³/mol. The lowest BCUT2D eigenvalue weighted by atomic mass is 10.0. The summed E-state index contributed by atoms with van der Waals surface area (Å²) < 4.78 is 11.1. The summed E-state index contributed by atoms with van der Waals surface area (Å²) in [5.74, 6) is 2.09. The molecule has 0 heterocycles. The average molecular weight is 565 g/mol. The normalized spacial score (nSPS) is 13.8. The van der Waals surface area contributed by atoms with Crippen LogP contribution in [-0.2, 0) is 0 Å². The Morgan fingerprint density at radius 1 is 1.10 bits per heavy atom. The molecule has 0 radical (unpaired) electrons. The maximum absolute atomic E-state index is 9.64. The smallest absolute Gasteiger partial charge is 0.150 e. The number of hydroxylamine groups is 1. The number of nitrogens with zero attached hydrogens (tertiary/aromatic N) is 2. The van der Waals surface area contributed by atoms with E-state index >= 15 is 0 Å². The zero-order valence-electron chi connectivity index (χ0n) is 24.2. The fourth-order valence-corrected chi connectivity index (χ4v) is 3.69. The molecular weight excluding hydrogens is 522 g/mol. The fourth-order valence-electron chi connectivity index (χ4n) is 3.57. The first-order valence-electron chi connectivity index (χ1n) is 13.5. The number of quaternary nitrogens is 1. The Hall–Kier alpha value is -3.84. The minimum absolute atomic E-state index is 0.216. The summed E-state index contributed by atoms with van der Waals surface area (Å²) in [4.78, 5) is 0. The molecule has 8 nitrogen and oxygen atoms in total. The van der Waals surface area contributed by atoms with E-state index in [4.69, 9.17) is 20.9 Å². The number of aryl methyl sites for hydroxylation is 1. The monoisotopic (exact) mass is 564 g/mol. The van der Waals surface area contributed by atoms with Crippen molar-refractivity contribution >= 4 is 24.6 Å². The van der Waals surface area contributed by atoms with Gasteiger partial charge in [-0.15, -0.1) is 0 Å². The second kappa shape index (κ2) is 15.1. The van der Waals surface area contributed by atoms with Gasteiger partial charge >= 0.3 is 0 Å². The molecule has 1 aliphatic rings. The zero-order valence-corrected chi connectivity index (χ0v) is 25.1. The van der Waals surface area contributed by atoms with Crippen LogP contribution in [0.2, 0.25) is 0 Å². The third-order valence-electron chi connectivity index (χ3n) is 5.34. The van der Waals surface area contributed by atoms with Crippen LogP contribution in [0.4, 0.5) is 5.69 Å². The van der Waals surface area contributed by atoms with Crippen molar-refractivity contribution in [3.8, 4) is 34.4 Å². The molecule has 1 saturated carbocycles. The standard InChI is InChI=1S/C26H28N5O3S.C3H8.C2H6/c1-16-11-23(12-20(15-27)26(16)34-22-9-10-22)33-21-7-5-17(6-8-21)18-3-4-19(24(28)13-18)14-25(29)30-31(2,32)35;1-3-2;1-2/h3-8,11-14,22,30,32,35H,9-10,28-29H2,1-2H3;3H2,1-2H3;1-2H3/q+1;;/b25-14+;;. The molecule has 0 saturated heterocycles. The quantitative estimate of drug-likeness (QED) is 0.0839. The Balaban J connectivity index is 0.00000105. The van der Waals surface area contributed by atoms with Gasteiger partial charge < -0.3 is 20.9 Å². The second-order valence-corrected chi connectivity index (χ2v) is 10.1. The van der Waals surface area contributed by atoms with Crippen LogP contribution in [0.25, 0.3) is 17.2 Å². The highest BCUT2D eigenvalue weighted by Gasteiger charge is 2.26. The summed E-state index contributed by atoms with van der Waals surface area (Å²) in [5, 5.41) is 19.2. The first-order valence-corrected chi connectivity index (χ1v) is 13.9. The van der Waals surface area contributed by atoms with Gasteiger partial charge in [-0.2, -0.15) is 15.9 Å². The fraction of sp³-hybridized carbons (Fsp3) is 0.323. The second-order valence-electron chi connectivity index (χ2n) is 9.35. The Morgan fingerprint density at radius 3 is 2.23 bits per heavy atom. The van der Waals surface area contributed by atoms with Crippen LogP contribution in [0, 0.1) is 18.3 Å². The molecule has 214 valence electrons. The molecule has 1 unspecified atom stereocenters. The van der Waals surface area contributed by atoms with Gasteiger partial charge in [0.2, 0.25) is 0 Å². The molecular formula is C31H42N5O3S+. The van der Waals surface area contributed by atoms with Crippen molar-refractivity contribution in [2.45, 2.75) is 60.0 Å². The molecule has 3 aromatic carbocycles. The van der Waals surface area contributed by atoms with E-state index in [-0.39, 0.29) is 11.9 Å². The molecule has 3 aromatic rings. The van der Waals surface area contributed by atoms with Gasteiger partial charge in [0.15, 0.2) is 5.82 Å². The van der Waals surface area contributed by atoms with Gasteiger partial charge in [-0.1, -0.05) is 58.4 Å². The topological polar surface area (TPSA) is 127 Å². The van der Waals surface area contributed by atoms with E-state index in [1.54, 1.807) is 12.1 Å². The van der Waals surface area contributed by atoms with E-state index in [1.807, 2.05) is 69.3 Å². The molecule has 6 N–H and O–H groups in total. The van der Waals surface area contributed by atoms with Crippen molar-refractivity contribution < 1.29 is 18.8 Å². The minimum Gasteiger partial charge on any atom is -0.489 e. The third kappa shape index (κ3) is 10.0. The Bertz CT molecular complexity index is 1320. The predicted octanol–water partition coefficient (Wildman–Crippen LogP) is 7.33. The molecule has 0 aromatic heterocycles. The zero-order chi connectivity index (χ0) is 29.9. The van der Waals surface area contributed by atoms with Gasteiger partial charge in [-0.3, -0.25) is 0 Å². The van der Waals surface area contributed by atoms with Crippen LogP contribution in [-0.4, -0.2) is 22.5 Å². The number of ether oxygens (including phenoxy) is 2. The van der Waals surface area contributed by atoms with Crippen molar-refractivity contribution in [2.75, 3.05) is 12.8 Å². The maximum atomic E-state index is 9.64. The number of benzene rings is 3. The highest BCUT2D eigenvalue weighted by Crippen LogP contribution is 2.36. The summed E-state index contributed by atoms with van der Waals surface area (Å²) in [5.41, 5.74) is 19.2. The number of thiol groups is 1. The Morgan fingerprint density at radius 2 is 1.70 bits per heavy atom. The van der Waals surface area contributed by atoms with Gasteiger partial charge in [0, 0.05) is 17.3 Å². The van der Waals surface area contributed by atoms with Crippen LogP contribution in [0.15, 0.2) is 60.4 Å². The number of nitrogen functional groups attached to an aromatic ring is 1. The molecule has 40 heavy (non-hydrogen) atoms. The van der Waals surface area contributed by atoms with E-state index in [9.17, 15) is 10.5 Å². The first-order chi connectivity index (χ1) is 19.0. The molecule has 0 aliphatic heterocycles. The number of nitrogens with one attached hydrogen (secondary N) is 1. The number of nitrogens with two attached hydrogens (primary N) is 2. The highest BCUT2D eigenvalue weighted by molar-refractivity contribution is 7.74. The van der Waals surface area contributed by atoms with Gasteiger partial charge in [-0.25, -0.2) is 0 Å². The Labute approximate surface area is 243 Å². The van der Waals surface area contributed by atoms with Crippen molar-refractivity contribution in [3.63, 3.8) is 0 Å². The minimum atomic E-state index is -0.801. The van der Waals surface area contributed by atoms with Crippen molar-refractivity contribution in [1.82, 2.24) is 5.43 Å². The summed E-state index contributed by atoms with van der Waals surface area (Å²) in [6.07, 6.45) is 5.16. The Kier molecular flexibility index (Phi) is 12.2. The van der Waals surface area contributed by atoms with E-state index in [0.29, 0.717) is 34.1 Å². The molecule has 0 spiro atoms. The van der Waals surface area contributed by atoms with Gasteiger partial charge in [0.1, 0.15) is 43.2 Å². The van der Waals surface area contributed by atoms with Crippen molar-refractivity contribution in [3.05, 3.63) is 77.1 Å². The van der Waals surface area contributed by atoms with Crippen LogP contribution in [0.5, 0.6) is 17.2 Å². The summed E-state index contributed by atoms with van der Waals surface area (Å²) >= 11 is 3.92. The third-order valence-corrected chi connectivity index (χ3v) is 5.44. The van der Waals surface area contributed by atoms with Crippen LogP contribution in [0.3, 0.4) is 0 Å². The van der Waals surface area contributed by atoms with Crippen molar-refractivity contribution in [2.24, 2.45) is 5.73 Å². The van der Waals surface area contributed by atoms with E-state index < -0.39 is 4.16 Å². The molecule has 1 atom stereocenters. The van der Waals surface area contributed by atoms with E-state index in [0.717, 1.165) is 29.5 Å². The van der Waals surface area contributed by atoms with Gasteiger partial charge in [0.05, 0.1) is 11.7 Å². The summed E-state index contributed by atoms with van der Waals surface area (Å²) in [6.45, 7) is 10.2. The molecule has 9 heteroatoms. The number of anilines is 1. The lowest BCUT2D eigenvalue weighted by Gasteiger charge is -2.18. The van der Waals surface area contributed by atoms with Gasteiger partial charge in [-0.05, 0) is 71.0 Å². The van der Waals surface area contributed by atoms with Crippen LogP contribution in [0.1, 0.15) is 63.6 Å². The van der Waals surface area contributed by atoms with E-state index in [2.05, 4.69) is 38.2 Å². The number of hydrogen-bond donors (Lipinski definition) is 5. The summed E-state index contributed by atoms with van der Waals surface area (Å²) in [6, 6.07) is 19.0. The van der Waals surface area contributed by atoms with E-state index in [1.165, 1.54) is 13.5 Å². The molecule has 0 bridgehead atoms. The first kappa shape index (κ1) is 32.4. The summed E-state index contributed by atoms with van der Waals surface area (Å²) in [7, 11) is 1.41. The molecule has 4 rings (SSSR count). The highest BCUT2D eigenvalue weighted by atomic mass is 32.1. The van der Waals surface area contributed by atoms with Crippen LogP contribution < -0.4 is 26.4 Å². The lowest BCUT2D eigenvalue weighted by Crippen LogP contribution is -2.45. The molecule has 1 fully saturated rings. The lowest BCUT2D eigenvalue weighted by molar-refractivity contribution is -1.01. The maximum Gasteiger partial charge on any atom is 0.150 e. The largest absolute Gasteiger partial charge is 0.489 e. The molecule has 0 amide bonds. The number of nitriles is 1. The number of hydrogen-bond acceptors (Lipinski definition) is 8. The van der Waals surface area contributed by atoms with Crippen molar-refractivity contribution in [1.29, 1.82) is 5.26 Å². The molecule has 1 aliphatic carbocycles. The number of rotatable bonds is 8.